The summed E-state index contributed by atoms with van der Waals surface area (Å²) in [5.74, 6) is 0.598. The molecule has 6 nitrogen and oxygen atoms in total. The Morgan fingerprint density at radius 3 is 2.53 bits per heavy atom. The predicted molar refractivity (Wildman–Crippen MR) is 126 cm³/mol. The van der Waals surface area contributed by atoms with Gasteiger partial charge in [0.25, 0.3) is 5.91 Å². The molecule has 0 atom stereocenters. The summed E-state index contributed by atoms with van der Waals surface area (Å²) in [7, 11) is 0. The number of nitrogens with zero attached hydrogens (tertiary/aromatic N) is 2. The van der Waals surface area contributed by atoms with Crippen LogP contribution in [0.1, 0.15) is 31.5 Å². The van der Waals surface area contributed by atoms with Crippen molar-refractivity contribution in [3.63, 3.8) is 0 Å². The number of aryl methyl sites for hydroxylation is 1. The first kappa shape index (κ1) is 22.7. The number of aromatic nitrogens is 1. The molecule has 0 saturated carbocycles. The molecule has 1 N–H and O–H groups in total. The summed E-state index contributed by atoms with van der Waals surface area (Å²) in [6.45, 7) is 7.10. The second kappa shape index (κ2) is 10.9. The van der Waals surface area contributed by atoms with Crippen molar-refractivity contribution in [1.29, 1.82) is 0 Å². The second-order valence-electron chi connectivity index (χ2n) is 7.65. The molecular formula is C24H26ClN3O3S. The van der Waals surface area contributed by atoms with E-state index in [-0.39, 0.29) is 5.91 Å². The van der Waals surface area contributed by atoms with E-state index in [0.717, 1.165) is 43.4 Å². The number of hydrogen-bond acceptors (Lipinski definition) is 6. The minimum Gasteiger partial charge on any atom is -0.486 e. The van der Waals surface area contributed by atoms with Crippen molar-refractivity contribution in [1.82, 2.24) is 15.2 Å². The molecule has 32 heavy (non-hydrogen) atoms. The lowest BCUT2D eigenvalue weighted by molar-refractivity contribution is 0.0342. The van der Waals surface area contributed by atoms with Crippen molar-refractivity contribution in [2.75, 3.05) is 26.3 Å². The van der Waals surface area contributed by atoms with Crippen LogP contribution in [0.4, 0.5) is 0 Å². The Kier molecular flexibility index (Phi) is 7.76. The molecule has 8 heteroatoms. The van der Waals surface area contributed by atoms with Crippen molar-refractivity contribution < 1.29 is 14.3 Å². The lowest BCUT2D eigenvalue weighted by Gasteiger charge is -2.26. The van der Waals surface area contributed by atoms with E-state index in [1.54, 1.807) is 12.1 Å². The fourth-order valence-electron chi connectivity index (χ4n) is 3.44. The van der Waals surface area contributed by atoms with Crippen molar-refractivity contribution in [3.8, 4) is 5.75 Å². The quantitative estimate of drug-likeness (QED) is 0.526. The van der Waals surface area contributed by atoms with E-state index in [2.05, 4.69) is 39.5 Å². The smallest absolute Gasteiger partial charge is 0.263 e. The molecule has 168 valence electrons. The Labute approximate surface area is 197 Å². The van der Waals surface area contributed by atoms with E-state index in [4.69, 9.17) is 21.1 Å². The van der Waals surface area contributed by atoms with Crippen molar-refractivity contribution >= 4 is 28.8 Å². The topological polar surface area (TPSA) is 63.7 Å². The van der Waals surface area contributed by atoms with Crippen LogP contribution in [0.5, 0.6) is 5.75 Å². The zero-order valence-electron chi connectivity index (χ0n) is 18.0. The van der Waals surface area contributed by atoms with Crippen LogP contribution in [-0.4, -0.2) is 42.1 Å². The van der Waals surface area contributed by atoms with Gasteiger partial charge in [0.05, 0.1) is 18.9 Å². The van der Waals surface area contributed by atoms with Gasteiger partial charge in [-0.05, 0) is 42.3 Å². The van der Waals surface area contributed by atoms with Gasteiger partial charge >= 0.3 is 0 Å². The molecule has 1 saturated heterocycles. The van der Waals surface area contributed by atoms with Gasteiger partial charge in [-0.3, -0.25) is 9.69 Å². The lowest BCUT2D eigenvalue weighted by atomic mass is 10.1. The minimum atomic E-state index is -0.116. The molecule has 1 aromatic heterocycles. The average Bonchev–Trinajstić information content (AvgIpc) is 3.19. The molecule has 0 spiro atoms. The molecule has 0 aliphatic carbocycles. The van der Waals surface area contributed by atoms with E-state index < -0.39 is 0 Å². The Morgan fingerprint density at radius 1 is 1.12 bits per heavy atom. The van der Waals surface area contributed by atoms with Crippen molar-refractivity contribution in [2.45, 2.75) is 26.6 Å². The molecular weight excluding hydrogens is 446 g/mol. The first-order chi connectivity index (χ1) is 15.6. The van der Waals surface area contributed by atoms with E-state index in [1.807, 2.05) is 19.1 Å². The van der Waals surface area contributed by atoms with Crippen LogP contribution in [0.2, 0.25) is 5.02 Å². The van der Waals surface area contributed by atoms with Crippen LogP contribution in [0, 0.1) is 6.92 Å². The third-order valence-corrected chi connectivity index (χ3v) is 6.59. The monoisotopic (exact) mass is 471 g/mol. The largest absolute Gasteiger partial charge is 0.486 e. The first-order valence-electron chi connectivity index (χ1n) is 10.6. The number of amides is 1. The normalized spacial score (nSPS) is 14.3. The second-order valence-corrected chi connectivity index (χ2v) is 9.17. The molecule has 2 aromatic carbocycles. The van der Waals surface area contributed by atoms with Gasteiger partial charge in [0.15, 0.2) is 0 Å². The molecule has 1 aliphatic rings. The van der Waals surface area contributed by atoms with Gasteiger partial charge in [0, 0.05) is 31.2 Å². The van der Waals surface area contributed by atoms with Crippen molar-refractivity contribution in [3.05, 3.63) is 80.3 Å². The SMILES string of the molecule is Cc1nc(COc2ccc(Cl)cc2)sc1C(=O)NCc1ccc(CN2CCOCC2)cc1. The Hall–Kier alpha value is -2.45. The summed E-state index contributed by atoms with van der Waals surface area (Å²) < 4.78 is 11.1. The lowest BCUT2D eigenvalue weighted by Crippen LogP contribution is -2.35. The van der Waals surface area contributed by atoms with Crippen LogP contribution < -0.4 is 10.1 Å². The zero-order chi connectivity index (χ0) is 22.3. The maximum absolute atomic E-state index is 12.7. The number of benzene rings is 2. The van der Waals surface area contributed by atoms with Crippen LogP contribution in [0.25, 0.3) is 0 Å². The van der Waals surface area contributed by atoms with Gasteiger partial charge in [-0.2, -0.15) is 0 Å². The summed E-state index contributed by atoms with van der Waals surface area (Å²) in [4.78, 5) is 20.2. The highest BCUT2D eigenvalue weighted by molar-refractivity contribution is 7.13. The number of morpholine rings is 1. The molecule has 1 aliphatic heterocycles. The number of hydrogen-bond donors (Lipinski definition) is 1. The maximum Gasteiger partial charge on any atom is 0.263 e. The molecule has 1 fully saturated rings. The number of carbonyl (C=O) groups excluding carboxylic acids is 1. The van der Waals surface area contributed by atoms with Crippen LogP contribution in [0.3, 0.4) is 0 Å². The van der Waals surface area contributed by atoms with E-state index in [1.165, 1.54) is 16.9 Å². The minimum absolute atomic E-state index is 0.116. The highest BCUT2D eigenvalue weighted by Crippen LogP contribution is 2.21. The highest BCUT2D eigenvalue weighted by Gasteiger charge is 2.16. The Bertz CT molecular complexity index is 1030. The fraction of sp³-hybridized carbons (Fsp3) is 0.333. The standard InChI is InChI=1S/C24H26ClN3O3S/c1-17-23(32-22(27-17)16-31-21-8-6-20(25)7-9-21)24(29)26-14-18-2-4-19(5-3-18)15-28-10-12-30-13-11-28/h2-9H,10-16H2,1H3,(H,26,29). The maximum atomic E-state index is 12.7. The highest BCUT2D eigenvalue weighted by atomic mass is 35.5. The van der Waals surface area contributed by atoms with Gasteiger partial charge < -0.3 is 14.8 Å². The summed E-state index contributed by atoms with van der Waals surface area (Å²) in [5, 5.41) is 4.42. The number of halogens is 1. The Morgan fingerprint density at radius 2 is 1.81 bits per heavy atom. The summed E-state index contributed by atoms with van der Waals surface area (Å²) in [5.41, 5.74) is 3.05. The van der Waals surface area contributed by atoms with Crippen molar-refractivity contribution in [2.24, 2.45) is 0 Å². The molecule has 3 aromatic rings. The number of carbonyl (C=O) groups is 1. The number of ether oxygens (including phenoxy) is 2. The summed E-state index contributed by atoms with van der Waals surface area (Å²) in [6, 6.07) is 15.6. The molecule has 1 amide bonds. The third-order valence-electron chi connectivity index (χ3n) is 5.21. The first-order valence-corrected chi connectivity index (χ1v) is 11.8. The van der Waals surface area contributed by atoms with E-state index >= 15 is 0 Å². The molecule has 4 rings (SSSR count). The summed E-state index contributed by atoms with van der Waals surface area (Å²) in [6.07, 6.45) is 0. The average molecular weight is 472 g/mol. The van der Waals surface area contributed by atoms with E-state index in [9.17, 15) is 4.79 Å². The zero-order valence-corrected chi connectivity index (χ0v) is 19.5. The number of nitrogens with one attached hydrogen (secondary N) is 1. The van der Waals surface area contributed by atoms with Crippen LogP contribution >= 0.6 is 22.9 Å². The van der Waals surface area contributed by atoms with Gasteiger partial charge in [-0.15, -0.1) is 11.3 Å². The van der Waals surface area contributed by atoms with Crippen LogP contribution in [0.15, 0.2) is 48.5 Å². The van der Waals surface area contributed by atoms with Gasteiger partial charge in [-0.25, -0.2) is 4.98 Å². The van der Waals surface area contributed by atoms with Gasteiger partial charge in [0.2, 0.25) is 0 Å². The molecule has 0 radical (unpaired) electrons. The van der Waals surface area contributed by atoms with Gasteiger partial charge in [0.1, 0.15) is 22.2 Å². The summed E-state index contributed by atoms with van der Waals surface area (Å²) >= 11 is 7.25. The number of rotatable bonds is 8. The fourth-order valence-corrected chi connectivity index (χ4v) is 4.46. The predicted octanol–water partition coefficient (Wildman–Crippen LogP) is 4.45. The Balaban J connectivity index is 1.27. The molecule has 2 heterocycles. The third kappa shape index (κ3) is 6.29. The van der Waals surface area contributed by atoms with Gasteiger partial charge in [-0.1, -0.05) is 35.9 Å². The molecule has 0 unspecified atom stereocenters. The number of thiazole rings is 1. The van der Waals surface area contributed by atoms with Crippen LogP contribution in [-0.2, 0) is 24.4 Å². The van der Waals surface area contributed by atoms with E-state index in [0.29, 0.717) is 34.5 Å². The molecule has 0 bridgehead atoms.